The normalized spacial score (nSPS) is 10.8. The highest BCUT2D eigenvalue weighted by atomic mass is 32.1. The van der Waals surface area contributed by atoms with Gasteiger partial charge in [0.25, 0.3) is 5.91 Å². The van der Waals surface area contributed by atoms with E-state index in [-0.39, 0.29) is 12.5 Å². The topological polar surface area (TPSA) is 81.9 Å². The van der Waals surface area contributed by atoms with E-state index in [2.05, 4.69) is 0 Å². The zero-order chi connectivity index (χ0) is 21.3. The molecular weight excluding hydrogens is 420 g/mol. The average Bonchev–Trinajstić information content (AvgIpc) is 3.44. The van der Waals surface area contributed by atoms with Crippen molar-refractivity contribution in [3.8, 4) is 11.5 Å². The van der Waals surface area contributed by atoms with Crippen LogP contribution >= 0.6 is 22.7 Å². The first kappa shape index (κ1) is 21.6. The number of nitrogens with zero attached hydrogens (tertiary/aromatic N) is 1. The molecule has 2 N–H and O–H groups in total. The first-order valence-corrected chi connectivity index (χ1v) is 10.9. The maximum Gasteiger partial charge on any atom is 0.255 e. The SMILES string of the molecule is COc1cc(/C=C/C(=O)N(Cc2cccs2)Cc2cccs2)ccc1OCC(N)=O. The van der Waals surface area contributed by atoms with E-state index in [0.29, 0.717) is 24.6 Å². The number of hydrogen-bond acceptors (Lipinski definition) is 6. The van der Waals surface area contributed by atoms with Gasteiger partial charge >= 0.3 is 0 Å². The standard InChI is InChI=1S/C22H22N2O4S2/c1-27-20-12-16(6-8-19(20)28-15-21(23)25)7-9-22(26)24(13-17-4-2-10-29-17)14-18-5-3-11-30-18/h2-12H,13-15H2,1H3,(H2,23,25)/b9-7+. The second-order valence-corrected chi connectivity index (χ2v) is 8.42. The van der Waals surface area contributed by atoms with Crippen molar-refractivity contribution in [2.75, 3.05) is 13.7 Å². The van der Waals surface area contributed by atoms with Crippen LogP contribution in [0.25, 0.3) is 6.08 Å². The first-order valence-electron chi connectivity index (χ1n) is 9.16. The van der Waals surface area contributed by atoms with E-state index in [1.807, 2.05) is 39.9 Å². The van der Waals surface area contributed by atoms with Crippen LogP contribution in [0.4, 0.5) is 0 Å². The Bertz CT molecular complexity index is 962. The number of rotatable bonds is 10. The Balaban J connectivity index is 1.73. The number of hydrogen-bond donors (Lipinski definition) is 1. The monoisotopic (exact) mass is 442 g/mol. The van der Waals surface area contributed by atoms with Gasteiger partial charge in [-0.25, -0.2) is 0 Å². The molecule has 6 nitrogen and oxygen atoms in total. The zero-order valence-corrected chi connectivity index (χ0v) is 18.1. The van der Waals surface area contributed by atoms with Crippen LogP contribution in [-0.4, -0.2) is 30.4 Å². The van der Waals surface area contributed by atoms with E-state index < -0.39 is 5.91 Å². The lowest BCUT2D eigenvalue weighted by Gasteiger charge is -2.20. The van der Waals surface area contributed by atoms with Crippen molar-refractivity contribution in [2.24, 2.45) is 5.73 Å². The lowest BCUT2D eigenvalue weighted by Crippen LogP contribution is -2.27. The molecule has 0 fully saturated rings. The molecule has 0 spiro atoms. The van der Waals surface area contributed by atoms with Crippen molar-refractivity contribution in [2.45, 2.75) is 13.1 Å². The number of thiophene rings is 2. The highest BCUT2D eigenvalue weighted by Gasteiger charge is 2.14. The third kappa shape index (κ3) is 6.20. The highest BCUT2D eigenvalue weighted by Crippen LogP contribution is 2.28. The van der Waals surface area contributed by atoms with Crippen LogP contribution in [0.5, 0.6) is 11.5 Å². The van der Waals surface area contributed by atoms with Crippen LogP contribution < -0.4 is 15.2 Å². The molecule has 2 amide bonds. The fraction of sp³-hybridized carbons (Fsp3) is 0.182. The lowest BCUT2D eigenvalue weighted by atomic mass is 10.2. The molecule has 0 bridgehead atoms. The van der Waals surface area contributed by atoms with Crippen molar-refractivity contribution in [3.05, 3.63) is 74.6 Å². The van der Waals surface area contributed by atoms with Gasteiger partial charge in [0, 0.05) is 15.8 Å². The summed E-state index contributed by atoms with van der Waals surface area (Å²) in [4.78, 5) is 27.9. The number of carbonyl (C=O) groups is 2. The Hall–Kier alpha value is -3.10. The molecule has 1 aromatic carbocycles. The largest absolute Gasteiger partial charge is 0.493 e. The molecule has 0 aliphatic heterocycles. The van der Waals surface area contributed by atoms with Gasteiger partial charge in [-0.05, 0) is 46.7 Å². The zero-order valence-electron chi connectivity index (χ0n) is 16.4. The van der Waals surface area contributed by atoms with Gasteiger partial charge in [0.15, 0.2) is 18.1 Å². The summed E-state index contributed by atoms with van der Waals surface area (Å²) >= 11 is 3.26. The lowest BCUT2D eigenvalue weighted by molar-refractivity contribution is -0.127. The molecule has 3 aromatic rings. The van der Waals surface area contributed by atoms with Crippen molar-refractivity contribution in [3.63, 3.8) is 0 Å². The number of nitrogens with two attached hydrogens (primary N) is 1. The number of carbonyl (C=O) groups excluding carboxylic acids is 2. The minimum atomic E-state index is -0.566. The summed E-state index contributed by atoms with van der Waals surface area (Å²) in [6, 6.07) is 13.2. The summed E-state index contributed by atoms with van der Waals surface area (Å²) < 4.78 is 10.6. The van der Waals surface area contributed by atoms with Gasteiger partial charge in [0.2, 0.25) is 5.91 Å². The summed E-state index contributed by atoms with van der Waals surface area (Å²) in [5.74, 6) is 0.227. The fourth-order valence-electron chi connectivity index (χ4n) is 2.72. The summed E-state index contributed by atoms with van der Waals surface area (Å²) in [5.41, 5.74) is 5.89. The Labute approximate surface area is 183 Å². The van der Waals surface area contributed by atoms with Gasteiger partial charge in [-0.2, -0.15) is 0 Å². The molecule has 30 heavy (non-hydrogen) atoms. The minimum absolute atomic E-state index is 0.0789. The molecule has 8 heteroatoms. The molecule has 0 atom stereocenters. The Morgan fingerprint density at radius 2 is 1.70 bits per heavy atom. The first-order chi connectivity index (χ1) is 14.5. The van der Waals surface area contributed by atoms with E-state index in [9.17, 15) is 9.59 Å². The molecule has 3 rings (SSSR count). The van der Waals surface area contributed by atoms with Crippen LogP contribution in [0.15, 0.2) is 59.3 Å². The Morgan fingerprint density at radius 1 is 1.03 bits per heavy atom. The van der Waals surface area contributed by atoms with E-state index in [0.717, 1.165) is 15.3 Å². The summed E-state index contributed by atoms with van der Waals surface area (Å²) in [7, 11) is 1.51. The average molecular weight is 443 g/mol. The molecule has 2 heterocycles. The molecule has 0 aliphatic carbocycles. The smallest absolute Gasteiger partial charge is 0.255 e. The minimum Gasteiger partial charge on any atom is -0.493 e. The van der Waals surface area contributed by atoms with E-state index >= 15 is 0 Å². The second-order valence-electron chi connectivity index (χ2n) is 6.35. The molecule has 2 aromatic heterocycles. The molecule has 0 saturated heterocycles. The van der Waals surface area contributed by atoms with Gasteiger partial charge in [0.05, 0.1) is 20.2 Å². The van der Waals surface area contributed by atoms with Gasteiger partial charge in [-0.15, -0.1) is 22.7 Å². The van der Waals surface area contributed by atoms with Gasteiger partial charge in [0.1, 0.15) is 0 Å². The summed E-state index contributed by atoms with van der Waals surface area (Å²) in [6.07, 6.45) is 3.29. The fourth-order valence-corrected chi connectivity index (χ4v) is 4.16. The van der Waals surface area contributed by atoms with Gasteiger partial charge in [-0.3, -0.25) is 9.59 Å². The predicted molar refractivity (Wildman–Crippen MR) is 120 cm³/mol. The van der Waals surface area contributed by atoms with Crippen LogP contribution in [-0.2, 0) is 22.7 Å². The maximum atomic E-state index is 12.9. The number of methoxy groups -OCH3 is 1. The molecular formula is C22H22N2O4S2. The Kier molecular flexibility index (Phi) is 7.64. The Morgan fingerprint density at radius 3 is 2.23 bits per heavy atom. The predicted octanol–water partition coefficient (Wildman–Crippen LogP) is 3.92. The third-order valence-corrected chi connectivity index (χ3v) is 5.86. The number of benzene rings is 1. The van der Waals surface area contributed by atoms with Crippen LogP contribution in [0.2, 0.25) is 0 Å². The van der Waals surface area contributed by atoms with Crippen molar-refractivity contribution < 1.29 is 19.1 Å². The molecule has 156 valence electrons. The van der Waals surface area contributed by atoms with Gasteiger partial charge < -0.3 is 20.1 Å². The number of amides is 2. The second kappa shape index (κ2) is 10.6. The van der Waals surface area contributed by atoms with Crippen molar-refractivity contribution in [1.29, 1.82) is 0 Å². The highest BCUT2D eigenvalue weighted by molar-refractivity contribution is 7.10. The van der Waals surface area contributed by atoms with Crippen molar-refractivity contribution >= 4 is 40.6 Å². The third-order valence-electron chi connectivity index (χ3n) is 4.14. The van der Waals surface area contributed by atoms with E-state index in [1.165, 1.54) is 7.11 Å². The van der Waals surface area contributed by atoms with Crippen LogP contribution in [0.1, 0.15) is 15.3 Å². The number of ether oxygens (including phenoxy) is 2. The molecule has 0 aliphatic rings. The van der Waals surface area contributed by atoms with Crippen molar-refractivity contribution in [1.82, 2.24) is 4.90 Å². The van der Waals surface area contributed by atoms with E-state index in [1.54, 1.807) is 53.0 Å². The quantitative estimate of drug-likeness (QED) is 0.483. The number of primary amides is 1. The maximum absolute atomic E-state index is 12.9. The molecule has 0 radical (unpaired) electrons. The summed E-state index contributed by atoms with van der Waals surface area (Å²) in [5, 5.41) is 4.01. The summed E-state index contributed by atoms with van der Waals surface area (Å²) in [6.45, 7) is 0.883. The molecule has 0 unspecified atom stereocenters. The molecule has 0 saturated carbocycles. The van der Waals surface area contributed by atoms with Crippen LogP contribution in [0, 0.1) is 0 Å². The van der Waals surface area contributed by atoms with Crippen LogP contribution in [0.3, 0.4) is 0 Å². The van der Waals surface area contributed by atoms with Gasteiger partial charge in [-0.1, -0.05) is 18.2 Å². The van der Waals surface area contributed by atoms with E-state index in [4.69, 9.17) is 15.2 Å².